The van der Waals surface area contributed by atoms with Gasteiger partial charge in [-0.1, -0.05) is 30.3 Å². The lowest BCUT2D eigenvalue weighted by Crippen LogP contribution is -2.50. The van der Waals surface area contributed by atoms with Gasteiger partial charge >= 0.3 is 6.18 Å². The van der Waals surface area contributed by atoms with Crippen molar-refractivity contribution >= 4 is 15.7 Å². The Morgan fingerprint density at radius 3 is 2.35 bits per heavy atom. The Labute approximate surface area is 213 Å². The smallest absolute Gasteiger partial charge is 0.338 e. The zero-order chi connectivity index (χ0) is 27.4. The summed E-state index contributed by atoms with van der Waals surface area (Å²) in [6, 6.07) is 9.42. The Hall–Kier alpha value is -2.49. The number of benzene rings is 2. The Morgan fingerprint density at radius 1 is 1.11 bits per heavy atom. The molecule has 1 aliphatic heterocycles. The van der Waals surface area contributed by atoms with Crippen molar-refractivity contribution in [2.24, 2.45) is 0 Å². The number of amides is 1. The van der Waals surface area contributed by atoms with Crippen LogP contribution in [0.25, 0.3) is 0 Å². The van der Waals surface area contributed by atoms with E-state index < -0.39 is 61.4 Å². The quantitative estimate of drug-likeness (QED) is 0.457. The number of carbonyl (C=O) groups is 1. The zero-order valence-corrected chi connectivity index (χ0v) is 21.7. The van der Waals surface area contributed by atoms with Crippen LogP contribution in [0.1, 0.15) is 55.9 Å². The summed E-state index contributed by atoms with van der Waals surface area (Å²) in [6.07, 6.45) is -3.56. The fourth-order valence-corrected chi connectivity index (χ4v) is 6.55. The summed E-state index contributed by atoms with van der Waals surface area (Å²) in [6.45, 7) is 3.81. The van der Waals surface area contributed by atoms with E-state index in [1.807, 2.05) is 0 Å². The van der Waals surface area contributed by atoms with Crippen LogP contribution in [0, 0.1) is 5.82 Å². The number of likely N-dealkylation sites (tertiary alicyclic amines) is 1. The molecule has 0 saturated carbocycles. The molecule has 1 unspecified atom stereocenters. The van der Waals surface area contributed by atoms with Crippen molar-refractivity contribution in [3.05, 3.63) is 70.5 Å². The number of fused-ring (bicyclic) bond motifs is 3. The molecule has 4 rings (SSSR count). The van der Waals surface area contributed by atoms with Gasteiger partial charge in [-0.2, -0.15) is 13.2 Å². The van der Waals surface area contributed by atoms with Gasteiger partial charge in [0.15, 0.2) is 9.84 Å². The molecule has 1 saturated heterocycles. The van der Waals surface area contributed by atoms with Gasteiger partial charge in [0.25, 0.3) is 0 Å². The standard InChI is InChI=1S/C27H30F5NO3S/c1-17(2)37(35,36)16-24(34)33-13-12-26(15-18-4-8-21(28)9-5-18)22-10-7-20(25(3,29)27(30,31)32)14-19(22)6-11-23(26)33/h4-5,7-10,14,17,23H,6,11-13,15-16H2,1-3H3/t23-,25?,26-/m1/s1. The second-order valence-electron chi connectivity index (χ2n) is 10.6. The molecule has 0 spiro atoms. The van der Waals surface area contributed by atoms with Gasteiger partial charge in [-0.05, 0) is 80.8 Å². The van der Waals surface area contributed by atoms with E-state index >= 15 is 0 Å². The molecule has 1 fully saturated rings. The normalized spacial score (nSPS) is 23.5. The third kappa shape index (κ3) is 4.89. The molecule has 0 N–H and O–H groups in total. The molecule has 3 atom stereocenters. The van der Waals surface area contributed by atoms with E-state index in [-0.39, 0.29) is 6.54 Å². The van der Waals surface area contributed by atoms with Crippen LogP contribution in [0.15, 0.2) is 42.5 Å². The van der Waals surface area contributed by atoms with Crippen LogP contribution in [0.4, 0.5) is 22.0 Å². The van der Waals surface area contributed by atoms with Crippen molar-refractivity contribution in [2.45, 2.75) is 75.0 Å². The maximum Gasteiger partial charge on any atom is 0.426 e. The molecular formula is C27H30F5NO3S. The average molecular weight is 544 g/mol. The molecule has 1 heterocycles. The second kappa shape index (κ2) is 9.36. The molecule has 2 aromatic rings. The molecule has 1 aliphatic carbocycles. The van der Waals surface area contributed by atoms with E-state index in [0.717, 1.165) is 17.2 Å². The highest BCUT2D eigenvalue weighted by atomic mass is 32.2. The summed E-state index contributed by atoms with van der Waals surface area (Å²) in [5.41, 5.74) is -2.66. The molecule has 0 radical (unpaired) electrons. The highest BCUT2D eigenvalue weighted by Gasteiger charge is 2.55. The first-order valence-corrected chi connectivity index (χ1v) is 13.9. The average Bonchev–Trinajstić information content (AvgIpc) is 3.18. The van der Waals surface area contributed by atoms with Crippen molar-refractivity contribution in [3.63, 3.8) is 0 Å². The maximum absolute atomic E-state index is 14.8. The molecule has 37 heavy (non-hydrogen) atoms. The fourth-order valence-electron chi connectivity index (χ4n) is 5.71. The summed E-state index contributed by atoms with van der Waals surface area (Å²) in [5, 5.41) is -0.711. The molecule has 2 aliphatic rings. The first-order chi connectivity index (χ1) is 17.1. The molecule has 2 aromatic carbocycles. The predicted octanol–water partition coefficient (Wildman–Crippen LogP) is 5.42. The number of hydrogen-bond donors (Lipinski definition) is 0. The predicted molar refractivity (Wildman–Crippen MR) is 130 cm³/mol. The Kier molecular flexibility index (Phi) is 6.97. The van der Waals surface area contributed by atoms with E-state index in [4.69, 9.17) is 0 Å². The van der Waals surface area contributed by atoms with Gasteiger partial charge in [0.2, 0.25) is 11.6 Å². The monoisotopic (exact) mass is 543 g/mol. The first-order valence-electron chi connectivity index (χ1n) is 12.2. The summed E-state index contributed by atoms with van der Waals surface area (Å²) in [7, 11) is -3.63. The van der Waals surface area contributed by atoms with Crippen molar-refractivity contribution in [2.75, 3.05) is 12.3 Å². The lowest BCUT2D eigenvalue weighted by atomic mass is 9.63. The van der Waals surface area contributed by atoms with E-state index in [1.54, 1.807) is 17.0 Å². The van der Waals surface area contributed by atoms with Crippen LogP contribution in [-0.2, 0) is 38.6 Å². The number of alkyl halides is 4. The van der Waals surface area contributed by atoms with Gasteiger partial charge in [0.1, 0.15) is 11.6 Å². The highest BCUT2D eigenvalue weighted by molar-refractivity contribution is 7.92. The van der Waals surface area contributed by atoms with Crippen molar-refractivity contribution in [1.29, 1.82) is 0 Å². The summed E-state index contributed by atoms with van der Waals surface area (Å²) in [5.74, 6) is -1.54. The van der Waals surface area contributed by atoms with Gasteiger partial charge in [-0.15, -0.1) is 0 Å². The van der Waals surface area contributed by atoms with Crippen LogP contribution in [0.2, 0.25) is 0 Å². The molecule has 1 amide bonds. The largest absolute Gasteiger partial charge is 0.426 e. The third-order valence-corrected chi connectivity index (χ3v) is 10.1. The Balaban J connectivity index is 1.77. The minimum absolute atomic E-state index is 0.281. The van der Waals surface area contributed by atoms with Crippen LogP contribution >= 0.6 is 0 Å². The molecule has 0 bridgehead atoms. The van der Waals surface area contributed by atoms with Gasteiger partial charge in [-0.3, -0.25) is 4.79 Å². The summed E-state index contributed by atoms with van der Waals surface area (Å²) in [4.78, 5) is 14.8. The highest BCUT2D eigenvalue weighted by Crippen LogP contribution is 2.51. The van der Waals surface area contributed by atoms with Crippen LogP contribution in [0.3, 0.4) is 0 Å². The number of aryl methyl sites for hydroxylation is 1. The van der Waals surface area contributed by atoms with Crippen LogP contribution in [0.5, 0.6) is 0 Å². The SMILES string of the molecule is CC(C)S(=O)(=O)CC(=O)N1CC[C@@]2(Cc3ccc(F)cc3)c3ccc(C(C)(F)C(F)(F)F)cc3CC[C@@H]12. The molecule has 10 heteroatoms. The van der Waals surface area contributed by atoms with Gasteiger partial charge in [0, 0.05) is 18.0 Å². The van der Waals surface area contributed by atoms with Crippen molar-refractivity contribution < 1.29 is 35.2 Å². The summed E-state index contributed by atoms with van der Waals surface area (Å²) >= 11 is 0. The van der Waals surface area contributed by atoms with E-state index in [0.29, 0.717) is 38.2 Å². The maximum atomic E-state index is 14.8. The number of rotatable bonds is 6. The second-order valence-corrected chi connectivity index (χ2v) is 13.1. The topological polar surface area (TPSA) is 54.5 Å². The zero-order valence-electron chi connectivity index (χ0n) is 20.9. The number of nitrogens with zero attached hydrogens (tertiary/aromatic N) is 1. The summed E-state index contributed by atoms with van der Waals surface area (Å²) < 4.78 is 93.5. The molecule has 0 aromatic heterocycles. The van der Waals surface area contributed by atoms with Crippen molar-refractivity contribution in [1.82, 2.24) is 4.90 Å². The van der Waals surface area contributed by atoms with E-state index in [1.165, 1.54) is 38.1 Å². The molecular weight excluding hydrogens is 513 g/mol. The molecule has 202 valence electrons. The number of hydrogen-bond acceptors (Lipinski definition) is 3. The number of carbonyl (C=O) groups excluding carboxylic acids is 1. The minimum atomic E-state index is -5.08. The van der Waals surface area contributed by atoms with Gasteiger partial charge < -0.3 is 4.90 Å². The van der Waals surface area contributed by atoms with Gasteiger partial charge in [-0.25, -0.2) is 17.2 Å². The lowest BCUT2D eigenvalue weighted by molar-refractivity contribution is -0.228. The van der Waals surface area contributed by atoms with Crippen molar-refractivity contribution in [3.8, 4) is 0 Å². The number of halogens is 5. The van der Waals surface area contributed by atoms with E-state index in [9.17, 15) is 35.2 Å². The minimum Gasteiger partial charge on any atom is -0.338 e. The van der Waals surface area contributed by atoms with Gasteiger partial charge in [0.05, 0.1) is 5.25 Å². The fraction of sp³-hybridized carbons (Fsp3) is 0.519. The Bertz CT molecular complexity index is 1290. The van der Waals surface area contributed by atoms with Crippen LogP contribution in [-0.4, -0.2) is 49.0 Å². The lowest BCUT2D eigenvalue weighted by Gasteiger charge is -2.44. The first kappa shape index (κ1) is 27.5. The van der Waals surface area contributed by atoms with E-state index in [2.05, 4.69) is 0 Å². The third-order valence-electron chi connectivity index (χ3n) is 8.01. The Morgan fingerprint density at radius 2 is 1.76 bits per heavy atom. The molecule has 4 nitrogen and oxygen atoms in total. The van der Waals surface area contributed by atoms with Crippen LogP contribution < -0.4 is 0 Å². The number of sulfone groups is 1.